The molecule has 0 aliphatic heterocycles. The Morgan fingerprint density at radius 3 is 2.56 bits per heavy atom. The predicted octanol–water partition coefficient (Wildman–Crippen LogP) is 2.59. The first-order valence-electron chi connectivity index (χ1n) is 6.30. The highest BCUT2D eigenvalue weighted by molar-refractivity contribution is 6.30. The number of carbonyl (C=O) groups is 1. The molecule has 0 saturated carbocycles. The normalized spacial score (nSPS) is 10.7. The quantitative estimate of drug-likeness (QED) is 0.747. The molecule has 0 aromatic heterocycles. The molecule has 0 aliphatic rings. The lowest BCUT2D eigenvalue weighted by molar-refractivity contribution is -0.120. The molecule has 2 N–H and O–H groups in total. The summed E-state index contributed by atoms with van der Waals surface area (Å²) in [6.07, 6.45) is 1.09. The summed E-state index contributed by atoms with van der Waals surface area (Å²) in [4.78, 5) is 11.5. The Morgan fingerprint density at radius 1 is 1.28 bits per heavy atom. The summed E-state index contributed by atoms with van der Waals surface area (Å²) in [6, 6.07) is 7.47. The molecule has 0 spiro atoms. The van der Waals surface area contributed by atoms with Crippen LogP contribution in [0.2, 0.25) is 5.02 Å². The van der Waals surface area contributed by atoms with Gasteiger partial charge in [0, 0.05) is 11.6 Å². The Bertz CT molecular complexity index is 363. The fraction of sp³-hybridized carbons (Fsp3) is 0.500. The van der Waals surface area contributed by atoms with Crippen LogP contribution in [0, 0.1) is 5.92 Å². The highest BCUT2D eigenvalue weighted by Crippen LogP contribution is 2.08. The van der Waals surface area contributed by atoms with Crippen LogP contribution in [0.15, 0.2) is 24.3 Å². The van der Waals surface area contributed by atoms with Gasteiger partial charge in [-0.2, -0.15) is 0 Å². The minimum Gasteiger partial charge on any atom is -0.351 e. The molecule has 18 heavy (non-hydrogen) atoms. The van der Waals surface area contributed by atoms with Gasteiger partial charge in [0.1, 0.15) is 0 Å². The van der Waals surface area contributed by atoms with Gasteiger partial charge in [0.05, 0.1) is 6.54 Å². The summed E-state index contributed by atoms with van der Waals surface area (Å²) in [5, 5.41) is 6.70. The third-order valence-corrected chi connectivity index (χ3v) is 2.84. The molecule has 0 atom stereocenters. The van der Waals surface area contributed by atoms with E-state index in [1.807, 2.05) is 24.3 Å². The maximum Gasteiger partial charge on any atom is 0.234 e. The average Bonchev–Trinajstić information content (AvgIpc) is 2.34. The molecule has 0 saturated heterocycles. The maximum absolute atomic E-state index is 11.5. The van der Waals surface area contributed by atoms with E-state index in [1.165, 1.54) is 0 Å². The number of hydrogen-bond acceptors (Lipinski definition) is 2. The van der Waals surface area contributed by atoms with Crippen LogP contribution < -0.4 is 10.6 Å². The van der Waals surface area contributed by atoms with E-state index < -0.39 is 0 Å². The molecule has 1 rings (SSSR count). The fourth-order valence-electron chi connectivity index (χ4n) is 1.46. The summed E-state index contributed by atoms with van der Waals surface area (Å²) >= 11 is 5.79. The number of halogens is 1. The van der Waals surface area contributed by atoms with E-state index in [-0.39, 0.29) is 5.91 Å². The second kappa shape index (κ2) is 8.11. The Kier molecular flexibility index (Phi) is 6.76. The van der Waals surface area contributed by atoms with Crippen molar-refractivity contribution in [1.82, 2.24) is 10.6 Å². The molecule has 0 heterocycles. The minimum absolute atomic E-state index is 0.0220. The summed E-state index contributed by atoms with van der Waals surface area (Å²) in [7, 11) is 0. The third kappa shape index (κ3) is 6.62. The third-order valence-electron chi connectivity index (χ3n) is 2.59. The van der Waals surface area contributed by atoms with Gasteiger partial charge in [-0.1, -0.05) is 37.6 Å². The van der Waals surface area contributed by atoms with Gasteiger partial charge in [0.25, 0.3) is 0 Å². The molecule has 100 valence electrons. The number of rotatable bonds is 7. The van der Waals surface area contributed by atoms with Crippen molar-refractivity contribution in [3.63, 3.8) is 0 Å². The number of benzene rings is 1. The summed E-state index contributed by atoms with van der Waals surface area (Å²) in [6.45, 7) is 6.14. The van der Waals surface area contributed by atoms with Crippen LogP contribution >= 0.6 is 11.6 Å². The number of amides is 1. The highest BCUT2D eigenvalue weighted by Gasteiger charge is 2.01. The van der Waals surface area contributed by atoms with Crippen molar-refractivity contribution in [1.29, 1.82) is 0 Å². The van der Waals surface area contributed by atoms with Crippen LogP contribution in [-0.2, 0) is 11.3 Å². The molecular weight excluding hydrogens is 248 g/mol. The molecular formula is C14H21ClN2O. The molecule has 3 nitrogen and oxygen atoms in total. The Balaban J connectivity index is 2.15. The van der Waals surface area contributed by atoms with Gasteiger partial charge >= 0.3 is 0 Å². The van der Waals surface area contributed by atoms with E-state index in [1.54, 1.807) is 0 Å². The van der Waals surface area contributed by atoms with Crippen LogP contribution in [0.4, 0.5) is 0 Å². The molecule has 1 amide bonds. The Hall–Kier alpha value is -1.06. The first-order chi connectivity index (χ1) is 8.58. The summed E-state index contributed by atoms with van der Waals surface area (Å²) < 4.78 is 0. The van der Waals surface area contributed by atoms with E-state index in [2.05, 4.69) is 24.5 Å². The SMILES string of the molecule is CC(C)CCNCC(=O)NCc1ccc(Cl)cc1. The van der Waals surface area contributed by atoms with Crippen molar-refractivity contribution in [3.05, 3.63) is 34.9 Å². The van der Waals surface area contributed by atoms with Gasteiger partial charge in [-0.25, -0.2) is 0 Å². The van der Waals surface area contributed by atoms with Crippen LogP contribution in [0.1, 0.15) is 25.8 Å². The molecule has 0 aliphatic carbocycles. The van der Waals surface area contributed by atoms with Crippen LogP contribution in [0.3, 0.4) is 0 Å². The van der Waals surface area contributed by atoms with Crippen molar-refractivity contribution >= 4 is 17.5 Å². The van der Waals surface area contributed by atoms with Crippen molar-refractivity contribution in [2.24, 2.45) is 5.92 Å². The first-order valence-corrected chi connectivity index (χ1v) is 6.67. The van der Waals surface area contributed by atoms with Gasteiger partial charge in [-0.15, -0.1) is 0 Å². The first kappa shape index (κ1) is 15.0. The number of carbonyl (C=O) groups excluding carboxylic acids is 1. The van der Waals surface area contributed by atoms with Gasteiger partial charge in [-0.3, -0.25) is 4.79 Å². The zero-order valence-electron chi connectivity index (χ0n) is 11.0. The smallest absolute Gasteiger partial charge is 0.234 e. The van der Waals surface area contributed by atoms with E-state index in [4.69, 9.17) is 11.6 Å². The van der Waals surface area contributed by atoms with Crippen molar-refractivity contribution in [2.45, 2.75) is 26.8 Å². The topological polar surface area (TPSA) is 41.1 Å². The van der Waals surface area contributed by atoms with Crippen LogP contribution in [-0.4, -0.2) is 19.0 Å². The van der Waals surface area contributed by atoms with Gasteiger partial charge in [0.15, 0.2) is 0 Å². The molecule has 0 unspecified atom stereocenters. The lowest BCUT2D eigenvalue weighted by atomic mass is 10.1. The number of hydrogen-bond donors (Lipinski definition) is 2. The van der Waals surface area contributed by atoms with Crippen molar-refractivity contribution in [3.8, 4) is 0 Å². The average molecular weight is 269 g/mol. The molecule has 1 aromatic rings. The summed E-state index contributed by atoms with van der Waals surface area (Å²) in [5.41, 5.74) is 1.05. The zero-order chi connectivity index (χ0) is 13.4. The molecule has 0 fully saturated rings. The minimum atomic E-state index is 0.0220. The standard InChI is InChI=1S/C14H21ClN2O/c1-11(2)7-8-16-10-14(18)17-9-12-3-5-13(15)6-4-12/h3-6,11,16H,7-10H2,1-2H3,(H,17,18). The second-order valence-corrected chi connectivity index (χ2v) is 5.20. The fourth-order valence-corrected chi connectivity index (χ4v) is 1.58. The van der Waals surface area contributed by atoms with Crippen LogP contribution in [0.5, 0.6) is 0 Å². The maximum atomic E-state index is 11.5. The van der Waals surface area contributed by atoms with Gasteiger partial charge < -0.3 is 10.6 Å². The monoisotopic (exact) mass is 268 g/mol. The van der Waals surface area contributed by atoms with E-state index >= 15 is 0 Å². The Morgan fingerprint density at radius 2 is 1.94 bits per heavy atom. The second-order valence-electron chi connectivity index (χ2n) is 4.76. The van der Waals surface area contributed by atoms with E-state index in [0.29, 0.717) is 24.0 Å². The van der Waals surface area contributed by atoms with E-state index in [9.17, 15) is 4.79 Å². The lowest BCUT2D eigenvalue weighted by Crippen LogP contribution is -2.34. The molecule has 4 heteroatoms. The summed E-state index contributed by atoms with van der Waals surface area (Å²) in [5.74, 6) is 0.684. The largest absolute Gasteiger partial charge is 0.351 e. The van der Waals surface area contributed by atoms with Gasteiger partial charge in [-0.05, 0) is 36.6 Å². The molecule has 1 aromatic carbocycles. The van der Waals surface area contributed by atoms with Crippen LogP contribution in [0.25, 0.3) is 0 Å². The number of nitrogens with one attached hydrogen (secondary N) is 2. The van der Waals surface area contributed by atoms with E-state index in [0.717, 1.165) is 18.5 Å². The van der Waals surface area contributed by atoms with Crippen molar-refractivity contribution in [2.75, 3.05) is 13.1 Å². The van der Waals surface area contributed by atoms with Gasteiger partial charge in [0.2, 0.25) is 5.91 Å². The van der Waals surface area contributed by atoms with Crippen molar-refractivity contribution < 1.29 is 4.79 Å². The predicted molar refractivity (Wildman–Crippen MR) is 75.6 cm³/mol. The lowest BCUT2D eigenvalue weighted by Gasteiger charge is -2.08. The highest BCUT2D eigenvalue weighted by atomic mass is 35.5. The zero-order valence-corrected chi connectivity index (χ0v) is 11.8. The Labute approximate surface area is 114 Å². The molecule has 0 bridgehead atoms. The molecule has 0 radical (unpaired) electrons.